The molecule has 0 saturated carbocycles. The topological polar surface area (TPSA) is 66.8 Å². The molecule has 0 spiro atoms. The number of nitrogens with zero attached hydrogens (tertiary/aromatic N) is 1. The Morgan fingerprint density at radius 3 is 2.28 bits per heavy atom. The van der Waals surface area contributed by atoms with Crippen LogP contribution in [-0.4, -0.2) is 41.3 Å². The van der Waals surface area contributed by atoms with E-state index in [0.29, 0.717) is 0 Å². The van der Waals surface area contributed by atoms with Gasteiger partial charge in [0.25, 0.3) is 0 Å². The number of ether oxygens (including phenoxy) is 1. The fourth-order valence-electron chi connectivity index (χ4n) is 1.19. The van der Waals surface area contributed by atoms with E-state index >= 15 is 0 Å². The van der Waals surface area contributed by atoms with Crippen LogP contribution in [0.4, 0.5) is 4.79 Å². The van der Waals surface area contributed by atoms with Crippen molar-refractivity contribution in [2.45, 2.75) is 33.8 Å². The van der Waals surface area contributed by atoms with Gasteiger partial charge in [-0.1, -0.05) is 33.8 Å². The number of aliphatic hydroxyl groups excluding tert-OH is 1. The Hall–Kier alpha value is -1.36. The van der Waals surface area contributed by atoms with Crippen LogP contribution in [-0.2, 0) is 9.53 Å². The molecule has 18 heavy (non-hydrogen) atoms. The van der Waals surface area contributed by atoms with Gasteiger partial charge in [0.15, 0.2) is 0 Å². The fraction of sp³-hybridized carbons (Fsp3) is 0.692. The third-order valence-electron chi connectivity index (χ3n) is 2.17. The van der Waals surface area contributed by atoms with Gasteiger partial charge in [-0.2, -0.15) is 0 Å². The normalized spacial score (nSPS) is 17.7. The molecule has 1 saturated heterocycles. The molecule has 0 aliphatic carbocycles. The van der Waals surface area contributed by atoms with Crippen LogP contribution in [0, 0.1) is 11.8 Å². The minimum atomic E-state index is -0.934. The lowest BCUT2D eigenvalue weighted by Gasteiger charge is -2.18. The van der Waals surface area contributed by atoms with E-state index in [1.165, 1.54) is 6.08 Å². The highest BCUT2D eigenvalue weighted by Crippen LogP contribution is 2.12. The molecule has 1 rings (SSSR count). The maximum Gasteiger partial charge on any atom is 0.416 e. The first-order valence-electron chi connectivity index (χ1n) is 6.10. The van der Waals surface area contributed by atoms with Crippen molar-refractivity contribution in [1.29, 1.82) is 0 Å². The lowest BCUT2D eigenvalue weighted by atomic mass is 10.0. The predicted octanol–water partition coefficient (Wildman–Crippen LogP) is 1.81. The molecule has 1 fully saturated rings. The second-order valence-electron chi connectivity index (χ2n) is 4.85. The van der Waals surface area contributed by atoms with Crippen molar-refractivity contribution in [3.63, 3.8) is 0 Å². The zero-order chi connectivity index (χ0) is 14.3. The van der Waals surface area contributed by atoms with Crippen molar-refractivity contribution in [2.75, 3.05) is 13.2 Å². The van der Waals surface area contributed by atoms with Gasteiger partial charge in [0.1, 0.15) is 6.61 Å². The lowest BCUT2D eigenvalue weighted by Crippen LogP contribution is -2.39. The van der Waals surface area contributed by atoms with Crippen molar-refractivity contribution in [1.82, 2.24) is 4.90 Å². The molecule has 5 nitrogen and oxygen atoms in total. The molecule has 104 valence electrons. The monoisotopic (exact) mass is 257 g/mol. The van der Waals surface area contributed by atoms with Crippen molar-refractivity contribution in [3.8, 4) is 0 Å². The quantitative estimate of drug-likeness (QED) is 0.783. The molecule has 0 aromatic rings. The molecular weight excluding hydrogens is 234 g/mol. The van der Waals surface area contributed by atoms with Crippen LogP contribution in [0.1, 0.15) is 27.7 Å². The molecule has 1 heterocycles. The molecule has 5 heteroatoms. The van der Waals surface area contributed by atoms with E-state index in [-0.39, 0.29) is 13.2 Å². The molecule has 0 aromatic carbocycles. The average molecular weight is 257 g/mol. The summed E-state index contributed by atoms with van der Waals surface area (Å²) in [7, 11) is 0. The van der Waals surface area contributed by atoms with Gasteiger partial charge in [-0.15, -0.1) is 6.58 Å². The fourth-order valence-corrected chi connectivity index (χ4v) is 1.19. The van der Waals surface area contributed by atoms with E-state index in [2.05, 4.69) is 32.1 Å². The SMILES string of the molecule is C=CC(O)C(C)C(=O)N1CCOC1=O.CC(C)C. The van der Waals surface area contributed by atoms with Gasteiger partial charge < -0.3 is 9.84 Å². The van der Waals surface area contributed by atoms with Crippen molar-refractivity contribution in [2.24, 2.45) is 11.8 Å². The Labute approximate surface area is 108 Å². The number of carbonyl (C=O) groups is 2. The van der Waals surface area contributed by atoms with Crippen molar-refractivity contribution in [3.05, 3.63) is 12.7 Å². The van der Waals surface area contributed by atoms with Crippen molar-refractivity contribution >= 4 is 12.0 Å². The molecule has 1 N–H and O–H groups in total. The van der Waals surface area contributed by atoms with Crippen LogP contribution in [0.3, 0.4) is 0 Å². The molecule has 2 amide bonds. The largest absolute Gasteiger partial charge is 0.447 e. The number of rotatable bonds is 3. The number of aliphatic hydroxyl groups is 1. The van der Waals surface area contributed by atoms with E-state index in [0.717, 1.165) is 10.8 Å². The summed E-state index contributed by atoms with van der Waals surface area (Å²) < 4.78 is 4.61. The number of amides is 2. The highest BCUT2D eigenvalue weighted by atomic mass is 16.6. The zero-order valence-corrected chi connectivity index (χ0v) is 11.5. The number of imide groups is 1. The van der Waals surface area contributed by atoms with Gasteiger partial charge >= 0.3 is 6.09 Å². The maximum atomic E-state index is 11.6. The molecule has 0 bridgehead atoms. The third kappa shape index (κ3) is 5.31. The van der Waals surface area contributed by atoms with Crippen LogP contribution >= 0.6 is 0 Å². The van der Waals surface area contributed by atoms with E-state index < -0.39 is 24.0 Å². The smallest absolute Gasteiger partial charge is 0.416 e. The highest BCUT2D eigenvalue weighted by Gasteiger charge is 2.33. The highest BCUT2D eigenvalue weighted by molar-refractivity contribution is 5.94. The first-order valence-corrected chi connectivity index (χ1v) is 6.10. The van der Waals surface area contributed by atoms with Crippen LogP contribution in [0.5, 0.6) is 0 Å². The Balaban J connectivity index is 0.000000631. The number of hydrogen-bond acceptors (Lipinski definition) is 4. The summed E-state index contributed by atoms with van der Waals surface area (Å²) in [6.45, 7) is 11.9. The van der Waals surface area contributed by atoms with Gasteiger partial charge in [-0.05, 0) is 5.92 Å². The minimum absolute atomic E-state index is 0.224. The first-order chi connectivity index (χ1) is 8.31. The predicted molar refractivity (Wildman–Crippen MR) is 68.9 cm³/mol. The second kappa shape index (κ2) is 7.87. The lowest BCUT2D eigenvalue weighted by molar-refractivity contribution is -0.133. The van der Waals surface area contributed by atoms with Gasteiger partial charge in [-0.3, -0.25) is 4.79 Å². The Bertz CT molecular complexity index is 299. The van der Waals surface area contributed by atoms with E-state index in [9.17, 15) is 14.7 Å². The second-order valence-corrected chi connectivity index (χ2v) is 4.85. The molecule has 1 aliphatic rings. The van der Waals surface area contributed by atoms with Gasteiger partial charge in [0.2, 0.25) is 5.91 Å². The van der Waals surface area contributed by atoms with E-state index in [4.69, 9.17) is 0 Å². The van der Waals surface area contributed by atoms with Crippen LogP contribution in [0.25, 0.3) is 0 Å². The van der Waals surface area contributed by atoms with Crippen LogP contribution < -0.4 is 0 Å². The summed E-state index contributed by atoms with van der Waals surface area (Å²) >= 11 is 0. The summed E-state index contributed by atoms with van der Waals surface area (Å²) in [5, 5.41) is 9.33. The standard InChI is InChI=1S/C9H13NO4.C4H10/c1-3-7(11)6(2)8(12)10-4-5-14-9(10)13;1-4(2)3/h3,6-7,11H,1,4-5H2,2H3;4H,1-3H3. The van der Waals surface area contributed by atoms with E-state index in [1.54, 1.807) is 6.92 Å². The molecule has 1 aliphatic heterocycles. The number of cyclic esters (lactones) is 1. The summed E-state index contributed by atoms with van der Waals surface area (Å²) in [5.74, 6) is -0.266. The summed E-state index contributed by atoms with van der Waals surface area (Å²) in [4.78, 5) is 23.6. The number of carbonyl (C=O) groups excluding carboxylic acids is 2. The summed E-state index contributed by atoms with van der Waals surface area (Å²) in [6.07, 6.45) is -0.307. The summed E-state index contributed by atoms with van der Waals surface area (Å²) in [6, 6.07) is 0. The minimum Gasteiger partial charge on any atom is -0.447 e. The van der Waals surface area contributed by atoms with Crippen LogP contribution in [0.2, 0.25) is 0 Å². The Morgan fingerprint density at radius 1 is 1.44 bits per heavy atom. The molecular formula is C13H23NO4. The van der Waals surface area contributed by atoms with E-state index in [1.807, 2.05) is 0 Å². The van der Waals surface area contributed by atoms with Gasteiger partial charge in [0.05, 0.1) is 18.6 Å². The number of hydrogen-bond donors (Lipinski definition) is 1. The third-order valence-corrected chi connectivity index (χ3v) is 2.17. The summed E-state index contributed by atoms with van der Waals surface area (Å²) in [5.41, 5.74) is 0. The first kappa shape index (κ1) is 16.6. The van der Waals surface area contributed by atoms with Crippen LogP contribution in [0.15, 0.2) is 12.7 Å². The molecule has 0 aromatic heterocycles. The van der Waals surface area contributed by atoms with Crippen molar-refractivity contribution < 1.29 is 19.4 Å². The molecule has 0 radical (unpaired) electrons. The molecule has 2 unspecified atom stereocenters. The Morgan fingerprint density at radius 2 is 1.94 bits per heavy atom. The van der Waals surface area contributed by atoms with Gasteiger partial charge in [0, 0.05) is 0 Å². The Kier molecular flexibility index (Phi) is 7.27. The zero-order valence-electron chi connectivity index (χ0n) is 11.5. The molecule has 2 atom stereocenters. The maximum absolute atomic E-state index is 11.6. The average Bonchev–Trinajstić information content (AvgIpc) is 2.71. The van der Waals surface area contributed by atoms with Gasteiger partial charge in [-0.25, -0.2) is 9.69 Å².